The number of nitrogens with zero attached hydrogens (tertiary/aromatic N) is 4. The molecule has 10 heteroatoms. The standard InChI is InChI=1S/C23H22N4O5S/c1-2-17-22(33-26-24-17)23(29)32-13-19(28)27-21(18-9-5-11-31-18)16-8-3-6-14(20(16)25-27)12-15-7-4-10-30-15/h4-5,7,9-12,16,21H,2-3,6,8,13H2,1H3. The number of amides is 1. The fraction of sp³-hybridized carbons (Fsp3) is 0.348. The highest BCUT2D eigenvalue weighted by atomic mass is 32.1. The Kier molecular flexibility index (Phi) is 5.91. The highest BCUT2D eigenvalue weighted by Crippen LogP contribution is 2.44. The number of hydrogen-bond donors (Lipinski definition) is 0. The number of furan rings is 2. The first-order chi connectivity index (χ1) is 16.2. The molecule has 5 rings (SSSR count). The highest BCUT2D eigenvalue weighted by Gasteiger charge is 2.45. The SMILES string of the molecule is CCc1nnsc1C(=O)OCC(=O)N1N=C2C(=Cc3ccco3)CCCC2C1c1ccco1. The number of allylic oxidation sites excluding steroid dienone is 1. The topological polar surface area (TPSA) is 111 Å². The van der Waals surface area contributed by atoms with E-state index in [9.17, 15) is 9.59 Å². The van der Waals surface area contributed by atoms with Gasteiger partial charge in [0.05, 0.1) is 23.9 Å². The minimum Gasteiger partial charge on any atom is -0.467 e. The number of fused-ring (bicyclic) bond motifs is 1. The molecule has 3 aromatic heterocycles. The van der Waals surface area contributed by atoms with Gasteiger partial charge >= 0.3 is 5.97 Å². The van der Waals surface area contributed by atoms with Crippen molar-refractivity contribution in [2.24, 2.45) is 11.0 Å². The average molecular weight is 467 g/mol. The van der Waals surface area contributed by atoms with Crippen molar-refractivity contribution in [3.63, 3.8) is 0 Å². The van der Waals surface area contributed by atoms with Gasteiger partial charge in [-0.3, -0.25) is 4.79 Å². The van der Waals surface area contributed by atoms with Crippen LogP contribution >= 0.6 is 11.5 Å². The van der Waals surface area contributed by atoms with E-state index in [1.807, 2.05) is 31.2 Å². The summed E-state index contributed by atoms with van der Waals surface area (Å²) in [6.07, 6.45) is 8.42. The molecule has 2 unspecified atom stereocenters. The molecule has 1 aliphatic carbocycles. The van der Waals surface area contributed by atoms with E-state index in [1.165, 1.54) is 5.01 Å². The van der Waals surface area contributed by atoms with Gasteiger partial charge in [0.25, 0.3) is 5.91 Å². The molecule has 170 valence electrons. The fourth-order valence-electron chi connectivity index (χ4n) is 4.34. The third kappa shape index (κ3) is 4.13. The molecular formula is C23H22N4O5S. The number of rotatable bonds is 6. The summed E-state index contributed by atoms with van der Waals surface area (Å²) in [4.78, 5) is 26.0. The quantitative estimate of drug-likeness (QED) is 0.499. The Hall–Kier alpha value is -3.53. The molecule has 1 amide bonds. The molecule has 9 nitrogen and oxygen atoms in total. The van der Waals surface area contributed by atoms with Crippen LogP contribution in [0, 0.1) is 5.92 Å². The number of aryl methyl sites for hydroxylation is 1. The molecule has 33 heavy (non-hydrogen) atoms. The first-order valence-corrected chi connectivity index (χ1v) is 11.6. The normalized spacial score (nSPS) is 21.2. The largest absolute Gasteiger partial charge is 0.467 e. The Morgan fingerprint density at radius 1 is 1.27 bits per heavy atom. The van der Waals surface area contributed by atoms with E-state index < -0.39 is 24.5 Å². The van der Waals surface area contributed by atoms with Crippen molar-refractivity contribution in [2.75, 3.05) is 6.61 Å². The van der Waals surface area contributed by atoms with Crippen molar-refractivity contribution in [1.82, 2.24) is 14.6 Å². The summed E-state index contributed by atoms with van der Waals surface area (Å²) in [6, 6.07) is 6.97. The molecule has 1 fully saturated rings. The van der Waals surface area contributed by atoms with Crippen molar-refractivity contribution < 1.29 is 23.2 Å². The Bertz CT molecular complexity index is 1200. The predicted molar refractivity (Wildman–Crippen MR) is 119 cm³/mol. The number of ether oxygens (including phenoxy) is 1. The van der Waals surface area contributed by atoms with Crippen LogP contribution in [0.15, 0.2) is 56.3 Å². The lowest BCUT2D eigenvalue weighted by atomic mass is 9.79. The van der Waals surface area contributed by atoms with Gasteiger partial charge in [-0.25, -0.2) is 9.80 Å². The first kappa shape index (κ1) is 21.3. The first-order valence-electron chi connectivity index (χ1n) is 10.8. The summed E-state index contributed by atoms with van der Waals surface area (Å²) in [5, 5.41) is 10.0. The monoisotopic (exact) mass is 466 g/mol. The van der Waals surface area contributed by atoms with Gasteiger partial charge in [0, 0.05) is 5.92 Å². The third-order valence-corrected chi connectivity index (χ3v) is 6.60. The van der Waals surface area contributed by atoms with Crippen molar-refractivity contribution in [3.05, 3.63) is 64.5 Å². The van der Waals surface area contributed by atoms with Crippen LogP contribution in [-0.4, -0.2) is 38.8 Å². The lowest BCUT2D eigenvalue weighted by Gasteiger charge is -2.27. The van der Waals surface area contributed by atoms with Gasteiger partial charge < -0.3 is 13.6 Å². The van der Waals surface area contributed by atoms with Gasteiger partial charge in [0.1, 0.15) is 17.6 Å². The van der Waals surface area contributed by atoms with Gasteiger partial charge in [0.15, 0.2) is 11.5 Å². The van der Waals surface area contributed by atoms with Gasteiger partial charge in [-0.15, -0.1) is 5.10 Å². The van der Waals surface area contributed by atoms with E-state index in [2.05, 4.69) is 9.59 Å². The zero-order chi connectivity index (χ0) is 22.8. The van der Waals surface area contributed by atoms with Crippen molar-refractivity contribution in [3.8, 4) is 0 Å². The summed E-state index contributed by atoms with van der Waals surface area (Å²) in [5.41, 5.74) is 2.44. The minimum absolute atomic E-state index is 0.0110. The Labute approximate surface area is 193 Å². The van der Waals surface area contributed by atoms with Crippen molar-refractivity contribution in [2.45, 2.75) is 38.6 Å². The second-order valence-corrected chi connectivity index (χ2v) is 8.60. The second-order valence-electron chi connectivity index (χ2n) is 7.85. The van der Waals surface area contributed by atoms with Crippen LogP contribution < -0.4 is 0 Å². The van der Waals surface area contributed by atoms with E-state index in [-0.39, 0.29) is 5.92 Å². The van der Waals surface area contributed by atoms with Crippen LogP contribution in [0.4, 0.5) is 0 Å². The zero-order valence-corrected chi connectivity index (χ0v) is 18.8. The Balaban J connectivity index is 1.40. The molecule has 2 atom stereocenters. The number of carbonyl (C=O) groups excluding carboxylic acids is 2. The molecule has 1 saturated carbocycles. The molecule has 0 N–H and O–H groups in total. The lowest BCUT2D eigenvalue weighted by molar-refractivity contribution is -0.137. The Morgan fingerprint density at radius 3 is 2.88 bits per heavy atom. The van der Waals surface area contributed by atoms with Gasteiger partial charge in [-0.05, 0) is 73.1 Å². The summed E-state index contributed by atoms with van der Waals surface area (Å²) in [6.45, 7) is 1.44. The molecule has 0 radical (unpaired) electrons. The van der Waals surface area contributed by atoms with E-state index in [0.29, 0.717) is 22.8 Å². The maximum absolute atomic E-state index is 13.2. The van der Waals surface area contributed by atoms with Crippen LogP contribution in [-0.2, 0) is 16.0 Å². The molecule has 3 aromatic rings. The van der Waals surface area contributed by atoms with E-state index in [0.717, 1.165) is 47.8 Å². The smallest absolute Gasteiger partial charge is 0.352 e. The molecule has 1 aliphatic heterocycles. The van der Waals surface area contributed by atoms with E-state index in [4.69, 9.17) is 18.7 Å². The predicted octanol–water partition coefficient (Wildman–Crippen LogP) is 4.27. The number of hydrogen-bond acceptors (Lipinski definition) is 9. The number of carbonyl (C=O) groups is 2. The lowest BCUT2D eigenvalue weighted by Crippen LogP contribution is -2.34. The molecule has 0 bridgehead atoms. The van der Waals surface area contributed by atoms with Crippen LogP contribution in [0.2, 0.25) is 0 Å². The van der Waals surface area contributed by atoms with Crippen LogP contribution in [0.1, 0.15) is 59.1 Å². The summed E-state index contributed by atoms with van der Waals surface area (Å²) >= 11 is 0.963. The molecule has 4 heterocycles. The fourth-order valence-corrected chi connectivity index (χ4v) is 4.99. The Morgan fingerprint density at radius 2 is 2.12 bits per heavy atom. The van der Waals surface area contributed by atoms with E-state index in [1.54, 1.807) is 18.6 Å². The number of esters is 1. The zero-order valence-electron chi connectivity index (χ0n) is 18.0. The minimum atomic E-state index is -0.604. The average Bonchev–Trinajstić information content (AvgIpc) is 3.62. The summed E-state index contributed by atoms with van der Waals surface area (Å²) < 4.78 is 20.3. The maximum Gasteiger partial charge on any atom is 0.352 e. The van der Waals surface area contributed by atoms with Crippen LogP contribution in [0.25, 0.3) is 6.08 Å². The summed E-state index contributed by atoms with van der Waals surface area (Å²) in [7, 11) is 0. The highest BCUT2D eigenvalue weighted by molar-refractivity contribution is 7.07. The number of aromatic nitrogens is 2. The molecule has 0 aromatic carbocycles. The molecular weight excluding hydrogens is 444 g/mol. The van der Waals surface area contributed by atoms with Gasteiger partial charge in [0.2, 0.25) is 0 Å². The van der Waals surface area contributed by atoms with Crippen molar-refractivity contribution in [1.29, 1.82) is 0 Å². The molecule has 2 aliphatic rings. The molecule has 0 saturated heterocycles. The van der Waals surface area contributed by atoms with Gasteiger partial charge in [-0.2, -0.15) is 5.10 Å². The van der Waals surface area contributed by atoms with Crippen LogP contribution in [0.5, 0.6) is 0 Å². The summed E-state index contributed by atoms with van der Waals surface area (Å²) in [5.74, 6) is 0.360. The molecule has 0 spiro atoms. The van der Waals surface area contributed by atoms with Crippen molar-refractivity contribution >= 4 is 35.2 Å². The third-order valence-electron chi connectivity index (χ3n) is 5.85. The van der Waals surface area contributed by atoms with Gasteiger partial charge in [-0.1, -0.05) is 11.4 Å². The maximum atomic E-state index is 13.2. The number of hydrazone groups is 1. The van der Waals surface area contributed by atoms with Crippen LogP contribution in [0.3, 0.4) is 0 Å². The second kappa shape index (κ2) is 9.14. The van der Waals surface area contributed by atoms with E-state index >= 15 is 0 Å².